The van der Waals surface area contributed by atoms with Crippen LogP contribution >= 0.6 is 0 Å². The molecular weight excluding hydrogens is 556 g/mol. The van der Waals surface area contributed by atoms with Crippen LogP contribution in [0.2, 0.25) is 0 Å². The van der Waals surface area contributed by atoms with Crippen LogP contribution in [0, 0.1) is 0 Å². The Morgan fingerprint density at radius 1 is 0.556 bits per heavy atom. The number of esters is 1. The molecule has 1 atom stereocenters. The molecule has 0 saturated heterocycles. The zero-order valence-electron chi connectivity index (χ0n) is 29.6. The van der Waals surface area contributed by atoms with E-state index in [1.807, 2.05) is 0 Å². The molecule has 1 N–H and O–H groups in total. The van der Waals surface area contributed by atoms with Crippen molar-refractivity contribution < 1.29 is 19.4 Å². The summed E-state index contributed by atoms with van der Waals surface area (Å²) in [6.45, 7) is 5.03. The molecular formula is C41H72O4. The first kappa shape index (κ1) is 43.1. The van der Waals surface area contributed by atoms with E-state index in [0.29, 0.717) is 13.0 Å². The highest BCUT2D eigenvalue weighted by atomic mass is 16.6. The van der Waals surface area contributed by atoms with Crippen molar-refractivity contribution in [2.24, 2.45) is 0 Å². The number of hydrogen-bond acceptors (Lipinski definition) is 4. The smallest absolute Gasteiger partial charge is 0.306 e. The number of carbonyl (C=O) groups is 1. The van der Waals surface area contributed by atoms with Crippen molar-refractivity contribution in [2.75, 3.05) is 19.8 Å². The Balaban J connectivity index is 3.55. The molecule has 0 aromatic rings. The third-order valence-electron chi connectivity index (χ3n) is 7.88. The van der Waals surface area contributed by atoms with E-state index in [1.54, 1.807) is 0 Å². The van der Waals surface area contributed by atoms with Crippen LogP contribution in [0.4, 0.5) is 0 Å². The normalized spacial score (nSPS) is 13.0. The molecule has 0 aliphatic carbocycles. The molecule has 4 heteroatoms. The van der Waals surface area contributed by atoms with Crippen LogP contribution in [0.3, 0.4) is 0 Å². The average Bonchev–Trinajstić information content (AvgIpc) is 3.05. The lowest BCUT2D eigenvalue weighted by molar-refractivity contribution is -0.154. The summed E-state index contributed by atoms with van der Waals surface area (Å²) in [5.41, 5.74) is 0. The summed E-state index contributed by atoms with van der Waals surface area (Å²) in [6.07, 6.45) is 50.0. The summed E-state index contributed by atoms with van der Waals surface area (Å²) >= 11 is 0. The minimum absolute atomic E-state index is 0.202. The molecule has 0 bridgehead atoms. The van der Waals surface area contributed by atoms with E-state index in [2.05, 4.69) is 74.6 Å². The zero-order chi connectivity index (χ0) is 32.7. The van der Waals surface area contributed by atoms with Crippen molar-refractivity contribution in [1.82, 2.24) is 0 Å². The highest BCUT2D eigenvalue weighted by Gasteiger charge is 2.13. The molecule has 45 heavy (non-hydrogen) atoms. The maximum Gasteiger partial charge on any atom is 0.306 e. The first-order valence-electron chi connectivity index (χ1n) is 18.9. The van der Waals surface area contributed by atoms with Gasteiger partial charge >= 0.3 is 5.97 Å². The van der Waals surface area contributed by atoms with Gasteiger partial charge < -0.3 is 14.6 Å². The topological polar surface area (TPSA) is 55.8 Å². The number of hydrogen-bond donors (Lipinski definition) is 1. The summed E-state index contributed by atoms with van der Waals surface area (Å²) in [7, 11) is 0. The Kier molecular flexibility index (Phi) is 36.6. The summed E-state index contributed by atoms with van der Waals surface area (Å²) in [5.74, 6) is -0.226. The highest BCUT2D eigenvalue weighted by molar-refractivity contribution is 5.69. The molecule has 0 aromatic carbocycles. The highest BCUT2D eigenvalue weighted by Crippen LogP contribution is 2.14. The van der Waals surface area contributed by atoms with E-state index >= 15 is 0 Å². The first-order valence-corrected chi connectivity index (χ1v) is 18.9. The number of carbonyl (C=O) groups excluding carboxylic acids is 1. The molecule has 4 nitrogen and oxygen atoms in total. The maximum atomic E-state index is 12.1. The molecule has 0 fully saturated rings. The summed E-state index contributed by atoms with van der Waals surface area (Å²) in [4.78, 5) is 12.1. The largest absolute Gasteiger partial charge is 0.457 e. The molecule has 1 unspecified atom stereocenters. The van der Waals surface area contributed by atoms with Gasteiger partial charge in [0, 0.05) is 6.42 Å². The number of aliphatic hydroxyl groups excluding tert-OH is 1. The predicted octanol–water partition coefficient (Wildman–Crippen LogP) is 12.1. The van der Waals surface area contributed by atoms with Gasteiger partial charge in [-0.15, -0.1) is 0 Å². The van der Waals surface area contributed by atoms with Crippen LogP contribution in [0.1, 0.15) is 168 Å². The summed E-state index contributed by atoms with van der Waals surface area (Å²) in [5, 5.41) is 9.55. The summed E-state index contributed by atoms with van der Waals surface area (Å²) < 4.78 is 11.0. The van der Waals surface area contributed by atoms with Gasteiger partial charge in [0.25, 0.3) is 0 Å². The third-order valence-corrected chi connectivity index (χ3v) is 7.88. The Labute approximate surface area is 279 Å². The number of unbranched alkanes of at least 4 members (excludes halogenated alkanes) is 16. The number of ether oxygens (including phenoxy) is 2. The Bertz CT molecular complexity index is 749. The van der Waals surface area contributed by atoms with Gasteiger partial charge in [-0.25, -0.2) is 0 Å². The second-order valence-corrected chi connectivity index (χ2v) is 12.3. The average molecular weight is 629 g/mol. The van der Waals surface area contributed by atoms with Crippen LogP contribution in [-0.4, -0.2) is 37.0 Å². The van der Waals surface area contributed by atoms with Gasteiger partial charge in [0.15, 0.2) is 0 Å². The monoisotopic (exact) mass is 629 g/mol. The van der Waals surface area contributed by atoms with E-state index in [0.717, 1.165) is 51.4 Å². The lowest BCUT2D eigenvalue weighted by Gasteiger charge is -2.15. The van der Waals surface area contributed by atoms with E-state index in [-0.39, 0.29) is 19.2 Å². The van der Waals surface area contributed by atoms with Crippen molar-refractivity contribution in [1.29, 1.82) is 0 Å². The van der Waals surface area contributed by atoms with E-state index < -0.39 is 6.10 Å². The zero-order valence-corrected chi connectivity index (χ0v) is 29.6. The lowest BCUT2D eigenvalue weighted by atomic mass is 10.0. The second-order valence-electron chi connectivity index (χ2n) is 12.3. The molecule has 0 aromatic heterocycles. The molecule has 0 amide bonds. The Morgan fingerprint density at radius 2 is 0.956 bits per heavy atom. The van der Waals surface area contributed by atoms with Crippen LogP contribution in [0.5, 0.6) is 0 Å². The van der Waals surface area contributed by atoms with Gasteiger partial charge in [-0.1, -0.05) is 177 Å². The van der Waals surface area contributed by atoms with Gasteiger partial charge in [-0.3, -0.25) is 4.79 Å². The van der Waals surface area contributed by atoms with Gasteiger partial charge in [0.2, 0.25) is 0 Å². The van der Waals surface area contributed by atoms with E-state index in [4.69, 9.17) is 9.47 Å². The van der Waals surface area contributed by atoms with Crippen LogP contribution in [-0.2, 0) is 14.3 Å². The van der Waals surface area contributed by atoms with Gasteiger partial charge in [-0.2, -0.15) is 0 Å². The molecule has 0 radical (unpaired) electrons. The molecule has 0 spiro atoms. The quantitative estimate of drug-likeness (QED) is 0.0437. The second kappa shape index (κ2) is 38.3. The third kappa shape index (κ3) is 36.4. The van der Waals surface area contributed by atoms with Crippen molar-refractivity contribution in [3.05, 3.63) is 60.8 Å². The van der Waals surface area contributed by atoms with Gasteiger partial charge in [-0.05, 0) is 44.9 Å². The van der Waals surface area contributed by atoms with Crippen molar-refractivity contribution in [3.63, 3.8) is 0 Å². The predicted molar refractivity (Wildman–Crippen MR) is 196 cm³/mol. The minimum Gasteiger partial charge on any atom is -0.457 e. The maximum absolute atomic E-state index is 12.1. The molecule has 0 aliphatic heterocycles. The van der Waals surface area contributed by atoms with Gasteiger partial charge in [0.05, 0.1) is 19.8 Å². The fourth-order valence-corrected chi connectivity index (χ4v) is 5.10. The number of allylic oxidation sites excluding steroid dienone is 9. The van der Waals surface area contributed by atoms with E-state index in [1.165, 1.54) is 96.3 Å². The Morgan fingerprint density at radius 3 is 1.38 bits per heavy atom. The van der Waals surface area contributed by atoms with Crippen LogP contribution < -0.4 is 0 Å². The number of aliphatic hydroxyl groups is 1. The van der Waals surface area contributed by atoms with Crippen LogP contribution in [0.25, 0.3) is 0 Å². The first-order chi connectivity index (χ1) is 22.2. The Hall–Kier alpha value is -1.91. The van der Waals surface area contributed by atoms with E-state index in [9.17, 15) is 9.90 Å². The minimum atomic E-state index is -0.573. The fraction of sp³-hybridized carbons (Fsp3) is 0.732. The molecule has 0 rings (SSSR count). The van der Waals surface area contributed by atoms with Crippen LogP contribution in [0.15, 0.2) is 60.8 Å². The fourth-order valence-electron chi connectivity index (χ4n) is 5.10. The molecule has 260 valence electrons. The van der Waals surface area contributed by atoms with Crippen molar-refractivity contribution in [3.8, 4) is 0 Å². The lowest BCUT2D eigenvalue weighted by Crippen LogP contribution is -2.27. The molecule has 0 heterocycles. The standard InChI is InChI=1S/C41H72O4/c1-3-5-7-9-11-13-15-17-19-21-22-24-26-28-30-32-34-36-41(43)45-40(38-42)39-44-37-35-33-31-29-27-25-23-20-18-16-14-12-10-8-6-4-2/h6,8,12,14,18,20,25,27,31,33,40,42H,3-5,7,9-11,13,15-17,19,21-24,26,28-30,32,34-39H2,1-2H3/b8-6-,14-12-,20-18-,27-25-,33-31-. The van der Waals surface area contributed by atoms with Crippen molar-refractivity contribution >= 4 is 5.97 Å². The van der Waals surface area contributed by atoms with Crippen molar-refractivity contribution in [2.45, 2.75) is 174 Å². The summed E-state index contributed by atoms with van der Waals surface area (Å²) in [6, 6.07) is 0. The molecule has 0 saturated carbocycles. The molecule has 0 aliphatic rings. The number of rotatable bonds is 34. The SMILES string of the molecule is CC/C=C\C/C=C\C/C=C\C/C=C\C/C=C\CCOCC(CO)OC(=O)CCCCCCCCCCCCCCCCCCC. The van der Waals surface area contributed by atoms with Gasteiger partial charge in [0.1, 0.15) is 6.10 Å².